The molecule has 0 spiro atoms. The lowest BCUT2D eigenvalue weighted by atomic mass is 10.2. The molecular formula is C19H20BrN3O3. The Hall–Kier alpha value is -2.38. The summed E-state index contributed by atoms with van der Waals surface area (Å²) < 4.78 is 6.68. The third-order valence-electron chi connectivity index (χ3n) is 4.03. The smallest absolute Gasteiger partial charge is 0.244 e. The molecule has 0 unspecified atom stereocenters. The SMILES string of the molecule is CN(CCOc1ccc(Br)cc1)CC(=O)N1CC(=O)Nc2ccccc21. The highest BCUT2D eigenvalue weighted by Gasteiger charge is 2.26. The molecule has 0 bridgehead atoms. The van der Waals surface area contributed by atoms with Gasteiger partial charge in [-0.1, -0.05) is 28.1 Å². The number of rotatable bonds is 6. The fourth-order valence-corrected chi connectivity index (χ4v) is 2.97. The second-order valence-electron chi connectivity index (χ2n) is 6.09. The summed E-state index contributed by atoms with van der Waals surface area (Å²) in [6.45, 7) is 1.33. The minimum absolute atomic E-state index is 0.0408. The van der Waals surface area contributed by atoms with Gasteiger partial charge in [0.25, 0.3) is 0 Å². The first-order valence-electron chi connectivity index (χ1n) is 8.29. The first-order valence-corrected chi connectivity index (χ1v) is 9.08. The Kier molecular flexibility index (Phi) is 5.90. The number of nitrogens with zero attached hydrogens (tertiary/aromatic N) is 2. The predicted molar refractivity (Wildman–Crippen MR) is 105 cm³/mol. The van der Waals surface area contributed by atoms with Crippen LogP contribution in [0.1, 0.15) is 0 Å². The molecule has 0 atom stereocenters. The van der Waals surface area contributed by atoms with E-state index >= 15 is 0 Å². The number of hydrogen-bond donors (Lipinski definition) is 1. The van der Waals surface area contributed by atoms with Gasteiger partial charge in [-0.25, -0.2) is 0 Å². The molecule has 2 aromatic rings. The van der Waals surface area contributed by atoms with Crippen LogP contribution in [0.15, 0.2) is 53.0 Å². The number of amides is 2. The van der Waals surface area contributed by atoms with Crippen LogP contribution in [0, 0.1) is 0 Å². The fourth-order valence-electron chi connectivity index (χ4n) is 2.70. The van der Waals surface area contributed by atoms with Crippen LogP contribution < -0.4 is 15.0 Å². The molecule has 6 nitrogen and oxygen atoms in total. The van der Waals surface area contributed by atoms with E-state index in [1.165, 1.54) is 4.90 Å². The van der Waals surface area contributed by atoms with Gasteiger partial charge < -0.3 is 10.1 Å². The number of carbonyl (C=O) groups is 2. The number of hydrogen-bond acceptors (Lipinski definition) is 4. The summed E-state index contributed by atoms with van der Waals surface area (Å²) in [5.74, 6) is 0.492. The maximum Gasteiger partial charge on any atom is 0.244 e. The van der Waals surface area contributed by atoms with Crippen LogP contribution in [0.3, 0.4) is 0 Å². The molecule has 0 aromatic heterocycles. The number of para-hydroxylation sites is 2. The van der Waals surface area contributed by atoms with E-state index in [1.54, 1.807) is 6.07 Å². The quantitative estimate of drug-likeness (QED) is 0.784. The molecule has 7 heteroatoms. The summed E-state index contributed by atoms with van der Waals surface area (Å²) in [4.78, 5) is 27.9. The van der Waals surface area contributed by atoms with Gasteiger partial charge in [-0.3, -0.25) is 19.4 Å². The molecule has 0 radical (unpaired) electrons. The number of carbonyl (C=O) groups excluding carboxylic acids is 2. The van der Waals surface area contributed by atoms with E-state index in [4.69, 9.17) is 4.74 Å². The topological polar surface area (TPSA) is 61.9 Å². The van der Waals surface area contributed by atoms with Crippen molar-refractivity contribution in [2.75, 3.05) is 43.5 Å². The molecule has 1 aliphatic rings. The molecule has 1 heterocycles. The van der Waals surface area contributed by atoms with E-state index in [2.05, 4.69) is 21.2 Å². The van der Waals surface area contributed by atoms with Gasteiger partial charge in [0.1, 0.15) is 18.9 Å². The summed E-state index contributed by atoms with van der Waals surface area (Å²) in [7, 11) is 1.86. The van der Waals surface area contributed by atoms with Crippen LogP contribution >= 0.6 is 15.9 Å². The Bertz CT molecular complexity index is 795. The van der Waals surface area contributed by atoms with Gasteiger partial charge in [-0.15, -0.1) is 0 Å². The summed E-state index contributed by atoms with van der Waals surface area (Å²) in [6.07, 6.45) is 0. The van der Waals surface area contributed by atoms with Gasteiger partial charge >= 0.3 is 0 Å². The van der Waals surface area contributed by atoms with Gasteiger partial charge in [0, 0.05) is 11.0 Å². The molecule has 0 fully saturated rings. The van der Waals surface area contributed by atoms with Gasteiger partial charge in [-0.2, -0.15) is 0 Å². The molecule has 0 saturated heterocycles. The first kappa shape index (κ1) is 18.4. The van der Waals surface area contributed by atoms with Gasteiger partial charge in [0.2, 0.25) is 11.8 Å². The summed E-state index contributed by atoms with van der Waals surface area (Å²) in [5.41, 5.74) is 1.40. The Morgan fingerprint density at radius 2 is 1.96 bits per heavy atom. The highest BCUT2D eigenvalue weighted by atomic mass is 79.9. The standard InChI is InChI=1S/C19H20BrN3O3/c1-22(10-11-26-15-8-6-14(20)7-9-15)13-19(25)23-12-18(24)21-16-4-2-3-5-17(16)23/h2-9H,10-13H2,1H3,(H,21,24). The van der Waals surface area contributed by atoms with Crippen LogP contribution in [0.5, 0.6) is 5.75 Å². The summed E-state index contributed by atoms with van der Waals surface area (Å²) in [5, 5.41) is 2.78. The molecular weight excluding hydrogens is 398 g/mol. The Morgan fingerprint density at radius 3 is 2.73 bits per heavy atom. The van der Waals surface area contributed by atoms with E-state index in [1.807, 2.05) is 54.4 Å². The minimum Gasteiger partial charge on any atom is -0.492 e. The zero-order chi connectivity index (χ0) is 18.5. The highest BCUT2D eigenvalue weighted by molar-refractivity contribution is 9.10. The molecule has 2 amide bonds. The molecule has 0 aliphatic carbocycles. The highest BCUT2D eigenvalue weighted by Crippen LogP contribution is 2.28. The van der Waals surface area contributed by atoms with Crippen molar-refractivity contribution in [3.05, 3.63) is 53.0 Å². The molecule has 26 heavy (non-hydrogen) atoms. The van der Waals surface area contributed by atoms with E-state index in [0.717, 1.165) is 15.9 Å². The Morgan fingerprint density at radius 1 is 1.23 bits per heavy atom. The molecule has 136 valence electrons. The predicted octanol–water partition coefficient (Wildman–Crippen LogP) is 2.75. The lowest BCUT2D eigenvalue weighted by Crippen LogP contribution is -2.46. The van der Waals surface area contributed by atoms with E-state index < -0.39 is 0 Å². The lowest BCUT2D eigenvalue weighted by molar-refractivity contribution is -0.122. The van der Waals surface area contributed by atoms with Crippen LogP contribution in [0.25, 0.3) is 0 Å². The average Bonchev–Trinajstić information content (AvgIpc) is 2.62. The van der Waals surface area contributed by atoms with Crippen molar-refractivity contribution < 1.29 is 14.3 Å². The van der Waals surface area contributed by atoms with Gasteiger partial charge in [-0.05, 0) is 43.4 Å². The number of likely N-dealkylation sites (N-methyl/N-ethyl adjacent to an activating group) is 1. The van der Waals surface area contributed by atoms with Crippen LogP contribution in [0.4, 0.5) is 11.4 Å². The van der Waals surface area contributed by atoms with Gasteiger partial charge in [0.15, 0.2) is 0 Å². The minimum atomic E-state index is -0.182. The largest absolute Gasteiger partial charge is 0.492 e. The zero-order valence-corrected chi connectivity index (χ0v) is 16.0. The number of halogens is 1. The summed E-state index contributed by atoms with van der Waals surface area (Å²) >= 11 is 3.38. The maximum absolute atomic E-state index is 12.6. The van der Waals surface area contributed by atoms with E-state index in [0.29, 0.717) is 18.8 Å². The van der Waals surface area contributed by atoms with Crippen molar-refractivity contribution in [1.29, 1.82) is 0 Å². The van der Waals surface area contributed by atoms with Crippen molar-refractivity contribution >= 4 is 39.1 Å². The fraction of sp³-hybridized carbons (Fsp3) is 0.263. The molecule has 3 rings (SSSR count). The summed E-state index contributed by atoms with van der Waals surface area (Å²) in [6, 6.07) is 14.9. The normalized spacial score (nSPS) is 13.3. The third kappa shape index (κ3) is 4.62. The average molecular weight is 418 g/mol. The van der Waals surface area contributed by atoms with Crippen molar-refractivity contribution in [2.45, 2.75) is 0 Å². The van der Waals surface area contributed by atoms with Crippen molar-refractivity contribution in [3.8, 4) is 5.75 Å². The van der Waals surface area contributed by atoms with E-state index in [-0.39, 0.29) is 24.9 Å². The second-order valence-corrected chi connectivity index (χ2v) is 7.00. The number of benzene rings is 2. The first-order chi connectivity index (χ1) is 12.5. The molecule has 2 aromatic carbocycles. The van der Waals surface area contributed by atoms with Crippen LogP contribution in [0.2, 0.25) is 0 Å². The molecule has 1 N–H and O–H groups in total. The maximum atomic E-state index is 12.6. The lowest BCUT2D eigenvalue weighted by Gasteiger charge is -2.30. The zero-order valence-electron chi connectivity index (χ0n) is 14.4. The van der Waals surface area contributed by atoms with Crippen molar-refractivity contribution in [1.82, 2.24) is 4.90 Å². The van der Waals surface area contributed by atoms with Crippen molar-refractivity contribution in [3.63, 3.8) is 0 Å². The number of ether oxygens (including phenoxy) is 1. The number of nitrogens with one attached hydrogen (secondary N) is 1. The Labute approximate surface area is 160 Å². The monoisotopic (exact) mass is 417 g/mol. The molecule has 1 aliphatic heterocycles. The number of fused-ring (bicyclic) bond motifs is 1. The number of anilines is 2. The van der Waals surface area contributed by atoms with E-state index in [9.17, 15) is 9.59 Å². The third-order valence-corrected chi connectivity index (χ3v) is 4.56. The second kappa shape index (κ2) is 8.33. The van der Waals surface area contributed by atoms with Crippen LogP contribution in [-0.4, -0.2) is 50.0 Å². The Balaban J connectivity index is 1.53. The van der Waals surface area contributed by atoms with Gasteiger partial charge in [0.05, 0.1) is 17.9 Å². The van der Waals surface area contributed by atoms with Crippen LogP contribution in [-0.2, 0) is 9.59 Å². The van der Waals surface area contributed by atoms with Crippen molar-refractivity contribution in [2.24, 2.45) is 0 Å². The molecule has 0 saturated carbocycles.